The minimum atomic E-state index is -2.96. The van der Waals surface area contributed by atoms with Crippen molar-refractivity contribution in [2.24, 2.45) is 7.05 Å². The number of amides is 1. The van der Waals surface area contributed by atoms with Crippen LogP contribution >= 0.6 is 23.1 Å². The van der Waals surface area contributed by atoms with E-state index in [2.05, 4.69) is 20.5 Å². The van der Waals surface area contributed by atoms with Gasteiger partial charge >= 0.3 is 0 Å². The number of carbonyl (C=O) groups is 1. The Hall–Kier alpha value is -2.24. The van der Waals surface area contributed by atoms with Crippen molar-refractivity contribution in [3.63, 3.8) is 0 Å². The van der Waals surface area contributed by atoms with Crippen molar-refractivity contribution in [1.29, 1.82) is 0 Å². The summed E-state index contributed by atoms with van der Waals surface area (Å²) in [5.41, 5.74) is 2.79. The van der Waals surface area contributed by atoms with Crippen LogP contribution in [0.5, 0.6) is 0 Å². The molecule has 0 bridgehead atoms. The molecule has 0 unspecified atom stereocenters. The number of thioether (sulfide) groups is 1. The average molecular weight is 478 g/mol. The fraction of sp³-hybridized carbons (Fsp3) is 0.400. The molecular formula is C20H23N5O3S3. The summed E-state index contributed by atoms with van der Waals surface area (Å²) in [6.45, 7) is 2.00. The van der Waals surface area contributed by atoms with Crippen molar-refractivity contribution in [3.8, 4) is 0 Å². The number of anilines is 1. The molecule has 3 aromatic rings. The summed E-state index contributed by atoms with van der Waals surface area (Å²) in [5, 5.41) is 14.8. The van der Waals surface area contributed by atoms with Gasteiger partial charge in [0, 0.05) is 29.8 Å². The van der Waals surface area contributed by atoms with Crippen LogP contribution in [0.3, 0.4) is 0 Å². The van der Waals surface area contributed by atoms with Crippen LogP contribution in [0.15, 0.2) is 34.8 Å². The Kier molecular flexibility index (Phi) is 6.44. The van der Waals surface area contributed by atoms with E-state index >= 15 is 0 Å². The molecule has 1 saturated heterocycles. The second kappa shape index (κ2) is 9.09. The van der Waals surface area contributed by atoms with Crippen LogP contribution < -0.4 is 5.32 Å². The van der Waals surface area contributed by atoms with Crippen LogP contribution in [-0.4, -0.2) is 45.6 Å². The predicted octanol–water partition coefficient (Wildman–Crippen LogP) is 2.96. The minimum absolute atomic E-state index is 0.0882. The van der Waals surface area contributed by atoms with Gasteiger partial charge in [-0.2, -0.15) is 0 Å². The first-order chi connectivity index (χ1) is 14.8. The maximum absolute atomic E-state index is 12.3. The number of thiazole rings is 1. The maximum Gasteiger partial charge on any atom is 0.231 e. The zero-order valence-corrected chi connectivity index (χ0v) is 19.7. The first-order valence-electron chi connectivity index (χ1n) is 9.81. The molecule has 0 spiro atoms. The second-order valence-electron chi connectivity index (χ2n) is 7.61. The van der Waals surface area contributed by atoms with E-state index in [0.29, 0.717) is 12.2 Å². The molecule has 31 heavy (non-hydrogen) atoms. The summed E-state index contributed by atoms with van der Waals surface area (Å²) in [7, 11) is -1.10. The second-order valence-corrected chi connectivity index (χ2v) is 11.7. The molecule has 0 radical (unpaired) electrons. The van der Waals surface area contributed by atoms with E-state index in [4.69, 9.17) is 0 Å². The van der Waals surface area contributed by atoms with Gasteiger partial charge in [-0.1, -0.05) is 29.5 Å². The predicted molar refractivity (Wildman–Crippen MR) is 122 cm³/mol. The van der Waals surface area contributed by atoms with E-state index in [0.717, 1.165) is 32.9 Å². The topological polar surface area (TPSA) is 107 Å². The molecule has 1 fully saturated rings. The molecular weight excluding hydrogens is 454 g/mol. The molecule has 0 aliphatic carbocycles. The Labute approximate surface area is 189 Å². The molecule has 1 aliphatic heterocycles. The van der Waals surface area contributed by atoms with Crippen molar-refractivity contribution >= 4 is 44.5 Å². The minimum Gasteiger partial charge on any atom is -0.326 e. The van der Waals surface area contributed by atoms with Crippen molar-refractivity contribution < 1.29 is 13.2 Å². The van der Waals surface area contributed by atoms with Gasteiger partial charge in [0.1, 0.15) is 10.8 Å². The van der Waals surface area contributed by atoms with Gasteiger partial charge in [-0.25, -0.2) is 13.4 Å². The Morgan fingerprint density at radius 1 is 1.29 bits per heavy atom. The SMILES string of the molecule is Cc1ccc(NC(=O)Cc2nc(CSc3nnc([C@@H]4CCS(=O)(=O)C4)n3C)cs2)cc1. The molecule has 1 amide bonds. The third-order valence-electron chi connectivity index (χ3n) is 5.06. The van der Waals surface area contributed by atoms with E-state index in [-0.39, 0.29) is 29.8 Å². The van der Waals surface area contributed by atoms with E-state index < -0.39 is 9.84 Å². The van der Waals surface area contributed by atoms with Gasteiger partial charge in [0.05, 0.1) is 23.6 Å². The molecule has 4 rings (SSSR count). The van der Waals surface area contributed by atoms with Gasteiger partial charge in [0.25, 0.3) is 0 Å². The lowest BCUT2D eigenvalue weighted by Crippen LogP contribution is -2.14. The van der Waals surface area contributed by atoms with Crippen molar-refractivity contribution in [2.45, 2.75) is 36.6 Å². The number of nitrogens with one attached hydrogen (secondary N) is 1. The lowest BCUT2D eigenvalue weighted by Gasteiger charge is -2.07. The normalized spacial score (nSPS) is 17.7. The van der Waals surface area contributed by atoms with Crippen LogP contribution in [0.4, 0.5) is 5.69 Å². The molecule has 2 aromatic heterocycles. The molecule has 0 saturated carbocycles. The number of hydrogen-bond donors (Lipinski definition) is 1. The molecule has 164 valence electrons. The third-order valence-corrected chi connectivity index (χ3v) is 8.78. The number of benzene rings is 1. The lowest BCUT2D eigenvalue weighted by atomic mass is 10.1. The van der Waals surface area contributed by atoms with E-state index in [1.54, 1.807) is 0 Å². The van der Waals surface area contributed by atoms with E-state index in [1.807, 2.05) is 48.2 Å². The first-order valence-corrected chi connectivity index (χ1v) is 13.5. The summed E-state index contributed by atoms with van der Waals surface area (Å²) in [6.07, 6.45) is 0.826. The Balaban J connectivity index is 1.31. The van der Waals surface area contributed by atoms with Gasteiger partial charge in [-0.15, -0.1) is 21.5 Å². The fourth-order valence-electron chi connectivity index (χ4n) is 3.42. The summed E-state index contributed by atoms with van der Waals surface area (Å²) in [5.74, 6) is 1.49. The summed E-state index contributed by atoms with van der Waals surface area (Å²) >= 11 is 2.96. The highest BCUT2D eigenvalue weighted by molar-refractivity contribution is 7.98. The van der Waals surface area contributed by atoms with E-state index in [9.17, 15) is 13.2 Å². The number of sulfone groups is 1. The molecule has 8 nitrogen and oxygen atoms in total. The van der Waals surface area contributed by atoms with Crippen molar-refractivity contribution in [2.75, 3.05) is 16.8 Å². The molecule has 1 aromatic carbocycles. The molecule has 1 atom stereocenters. The third kappa shape index (κ3) is 5.52. The van der Waals surface area contributed by atoms with Crippen LogP contribution in [0.2, 0.25) is 0 Å². The largest absolute Gasteiger partial charge is 0.326 e. The standard InChI is InChI=1S/C20H23N5O3S3/c1-13-3-5-15(6-4-13)21-17(26)9-18-22-16(10-29-18)11-30-20-24-23-19(25(20)2)14-7-8-31(27,28)12-14/h3-6,10,14H,7-9,11-12H2,1-2H3,(H,21,26)/t14-/m1/s1. The summed E-state index contributed by atoms with van der Waals surface area (Å²) in [6, 6.07) is 7.68. The van der Waals surface area contributed by atoms with Crippen LogP contribution in [0, 0.1) is 6.92 Å². The van der Waals surface area contributed by atoms with Gasteiger partial charge in [0.2, 0.25) is 5.91 Å². The first kappa shape index (κ1) is 22.0. The smallest absolute Gasteiger partial charge is 0.231 e. The number of aryl methyl sites for hydroxylation is 1. The van der Waals surface area contributed by atoms with Crippen LogP contribution in [0.25, 0.3) is 0 Å². The molecule has 1 N–H and O–H groups in total. The quantitative estimate of drug-likeness (QED) is 0.521. The maximum atomic E-state index is 12.3. The van der Waals surface area contributed by atoms with Gasteiger partial charge in [0.15, 0.2) is 15.0 Å². The Morgan fingerprint density at radius 3 is 2.77 bits per heavy atom. The van der Waals surface area contributed by atoms with Crippen molar-refractivity contribution in [1.82, 2.24) is 19.7 Å². The summed E-state index contributed by atoms with van der Waals surface area (Å²) in [4.78, 5) is 16.8. The summed E-state index contributed by atoms with van der Waals surface area (Å²) < 4.78 is 25.4. The fourth-order valence-corrected chi connectivity index (χ4v) is 6.87. The molecule has 3 heterocycles. The number of aromatic nitrogens is 4. The molecule has 1 aliphatic rings. The number of hydrogen-bond acceptors (Lipinski definition) is 8. The average Bonchev–Trinajstić information content (AvgIpc) is 3.41. The van der Waals surface area contributed by atoms with Crippen LogP contribution in [-0.2, 0) is 33.9 Å². The monoisotopic (exact) mass is 477 g/mol. The van der Waals surface area contributed by atoms with Gasteiger partial charge < -0.3 is 9.88 Å². The highest BCUT2D eigenvalue weighted by Crippen LogP contribution is 2.30. The lowest BCUT2D eigenvalue weighted by molar-refractivity contribution is -0.115. The van der Waals surface area contributed by atoms with E-state index in [1.165, 1.54) is 23.1 Å². The highest BCUT2D eigenvalue weighted by atomic mass is 32.2. The van der Waals surface area contributed by atoms with Crippen LogP contribution in [0.1, 0.15) is 34.4 Å². The van der Waals surface area contributed by atoms with Crippen molar-refractivity contribution in [3.05, 3.63) is 51.7 Å². The Morgan fingerprint density at radius 2 is 2.06 bits per heavy atom. The zero-order chi connectivity index (χ0) is 22.0. The number of nitrogens with zero attached hydrogens (tertiary/aromatic N) is 4. The number of carbonyl (C=O) groups excluding carboxylic acids is 1. The number of rotatable bonds is 7. The Bertz CT molecular complexity index is 1190. The van der Waals surface area contributed by atoms with Gasteiger partial charge in [-0.3, -0.25) is 4.79 Å². The highest BCUT2D eigenvalue weighted by Gasteiger charge is 2.32. The molecule has 11 heteroatoms. The van der Waals surface area contributed by atoms with Gasteiger partial charge in [-0.05, 0) is 25.5 Å². The zero-order valence-electron chi connectivity index (χ0n) is 17.2.